The Labute approximate surface area is 170 Å². The van der Waals surface area contributed by atoms with Crippen LogP contribution in [0, 0.1) is 11.8 Å². The van der Waals surface area contributed by atoms with E-state index in [0.29, 0.717) is 11.8 Å². The molecule has 1 aromatic rings. The minimum absolute atomic E-state index is 0.118. The zero-order valence-corrected chi connectivity index (χ0v) is 17.3. The second-order valence-corrected chi connectivity index (χ2v) is 8.58. The van der Waals surface area contributed by atoms with Gasteiger partial charge >= 0.3 is 0 Å². The van der Waals surface area contributed by atoms with Gasteiger partial charge in [-0.3, -0.25) is 0 Å². The van der Waals surface area contributed by atoms with E-state index >= 15 is 0 Å². The van der Waals surface area contributed by atoms with Crippen LogP contribution in [-0.4, -0.2) is 0 Å². The molecule has 0 spiro atoms. The number of rotatable bonds is 5. The first kappa shape index (κ1) is 18.7. The van der Waals surface area contributed by atoms with Crippen molar-refractivity contribution in [2.75, 3.05) is 0 Å². The van der Waals surface area contributed by atoms with Gasteiger partial charge in [0.25, 0.3) is 0 Å². The molecule has 0 aromatic heterocycles. The van der Waals surface area contributed by atoms with Gasteiger partial charge in [0.2, 0.25) is 0 Å². The van der Waals surface area contributed by atoms with Crippen LogP contribution in [0.1, 0.15) is 44.7 Å². The summed E-state index contributed by atoms with van der Waals surface area (Å²) in [4.78, 5) is 0. The van der Waals surface area contributed by atoms with Crippen molar-refractivity contribution in [2.45, 2.75) is 39.0 Å². The topological polar surface area (TPSA) is 0 Å². The van der Waals surface area contributed by atoms with Crippen molar-refractivity contribution in [2.24, 2.45) is 11.8 Å². The van der Waals surface area contributed by atoms with Crippen molar-refractivity contribution in [3.8, 4) is 0 Å². The third-order valence-electron chi connectivity index (χ3n) is 6.56. The summed E-state index contributed by atoms with van der Waals surface area (Å²) in [6.07, 6.45) is 22.3. The smallest absolute Gasteiger partial charge is 0.0163 e. The molecule has 0 heterocycles. The van der Waals surface area contributed by atoms with E-state index in [1.165, 1.54) is 27.8 Å². The highest BCUT2D eigenvalue weighted by molar-refractivity contribution is 5.87. The molecule has 0 fully saturated rings. The highest BCUT2D eigenvalue weighted by Crippen LogP contribution is 2.51. The van der Waals surface area contributed by atoms with E-state index in [9.17, 15) is 0 Å². The lowest BCUT2D eigenvalue weighted by Crippen LogP contribution is -2.20. The first-order chi connectivity index (χ1) is 13.5. The maximum atomic E-state index is 4.26. The van der Waals surface area contributed by atoms with Crippen LogP contribution in [0.5, 0.6) is 0 Å². The Morgan fingerprint density at radius 3 is 2.64 bits per heavy atom. The van der Waals surface area contributed by atoms with E-state index < -0.39 is 0 Å². The Morgan fingerprint density at radius 1 is 1.14 bits per heavy atom. The first-order valence-corrected chi connectivity index (χ1v) is 10.4. The standard InChI is InChI=1S/C28H30/c1-5-21(14-10-11-20(2)22-12-6-7-13-22)23-17-18-25-24-15-8-9-16-26(24)28(3,4)27(25)19-23/h5-10,12-18,22-23H,2,11,19H2,1,3-4H3/b14-10-,21-5+. The van der Waals surface area contributed by atoms with Gasteiger partial charge in [0.1, 0.15) is 0 Å². The molecule has 0 heteroatoms. The van der Waals surface area contributed by atoms with Gasteiger partial charge in [0.15, 0.2) is 0 Å². The molecule has 0 radical (unpaired) electrons. The van der Waals surface area contributed by atoms with Gasteiger partial charge in [-0.1, -0.05) is 111 Å². The SMILES string of the molecule is C=C(C/C=C\C(=C/C)C1C=CC2=C(C1)C(C)(C)c1ccccc12)C1C=CC=C1. The van der Waals surface area contributed by atoms with Crippen LogP contribution in [-0.2, 0) is 5.41 Å². The maximum Gasteiger partial charge on any atom is 0.0163 e. The summed E-state index contributed by atoms with van der Waals surface area (Å²) in [5.74, 6) is 0.854. The molecule has 4 rings (SSSR count). The van der Waals surface area contributed by atoms with E-state index in [1.807, 2.05) is 0 Å². The molecule has 142 valence electrons. The molecule has 3 aliphatic rings. The zero-order valence-electron chi connectivity index (χ0n) is 17.3. The molecule has 0 nitrogen and oxygen atoms in total. The van der Waals surface area contributed by atoms with Crippen molar-refractivity contribution in [3.63, 3.8) is 0 Å². The molecule has 1 aromatic carbocycles. The Balaban J connectivity index is 1.49. The number of allylic oxidation sites excluding steroid dienone is 13. The van der Waals surface area contributed by atoms with E-state index in [-0.39, 0.29) is 5.41 Å². The van der Waals surface area contributed by atoms with Gasteiger partial charge in [-0.2, -0.15) is 0 Å². The normalized spacial score (nSPS) is 23.0. The summed E-state index contributed by atoms with van der Waals surface area (Å²) in [6, 6.07) is 8.90. The summed E-state index contributed by atoms with van der Waals surface area (Å²) < 4.78 is 0. The van der Waals surface area contributed by atoms with E-state index in [2.05, 4.69) is 106 Å². The number of benzene rings is 1. The molecule has 0 saturated carbocycles. The van der Waals surface area contributed by atoms with E-state index in [1.54, 1.807) is 5.57 Å². The van der Waals surface area contributed by atoms with Gasteiger partial charge in [0.05, 0.1) is 0 Å². The number of fused-ring (bicyclic) bond motifs is 2. The number of hydrogen-bond acceptors (Lipinski definition) is 0. The predicted molar refractivity (Wildman–Crippen MR) is 122 cm³/mol. The largest absolute Gasteiger partial charge is 0.0986 e. The van der Waals surface area contributed by atoms with Crippen LogP contribution in [0.3, 0.4) is 0 Å². The second-order valence-electron chi connectivity index (χ2n) is 8.58. The second kappa shape index (κ2) is 7.43. The fourth-order valence-electron chi connectivity index (χ4n) is 4.83. The predicted octanol–water partition coefficient (Wildman–Crippen LogP) is 7.50. The van der Waals surface area contributed by atoms with Crippen molar-refractivity contribution >= 4 is 5.57 Å². The van der Waals surface area contributed by atoms with Gasteiger partial charge in [-0.15, -0.1) is 0 Å². The summed E-state index contributed by atoms with van der Waals surface area (Å²) in [6.45, 7) is 11.2. The fraction of sp³-hybridized carbons (Fsp3) is 0.286. The Hall–Kier alpha value is -2.60. The van der Waals surface area contributed by atoms with Crippen molar-refractivity contribution in [1.82, 2.24) is 0 Å². The van der Waals surface area contributed by atoms with Gasteiger partial charge in [0, 0.05) is 17.3 Å². The molecule has 0 bridgehead atoms. The quantitative estimate of drug-likeness (QED) is 0.374. The van der Waals surface area contributed by atoms with Gasteiger partial charge in [-0.25, -0.2) is 0 Å². The van der Waals surface area contributed by atoms with Gasteiger partial charge < -0.3 is 0 Å². The van der Waals surface area contributed by atoms with E-state index in [0.717, 1.165) is 12.8 Å². The minimum Gasteiger partial charge on any atom is -0.0986 e. The molecule has 1 unspecified atom stereocenters. The maximum absolute atomic E-state index is 4.26. The molecule has 28 heavy (non-hydrogen) atoms. The van der Waals surface area contributed by atoms with Crippen molar-refractivity contribution < 1.29 is 0 Å². The molecule has 0 aliphatic heterocycles. The molecule has 0 amide bonds. The molecular weight excluding hydrogens is 336 g/mol. The minimum atomic E-state index is 0.118. The molecular formula is C28H30. The lowest BCUT2D eigenvalue weighted by atomic mass is 9.74. The monoisotopic (exact) mass is 366 g/mol. The van der Waals surface area contributed by atoms with Crippen LogP contribution < -0.4 is 0 Å². The first-order valence-electron chi connectivity index (χ1n) is 10.4. The average molecular weight is 367 g/mol. The third kappa shape index (κ3) is 3.22. The fourth-order valence-corrected chi connectivity index (χ4v) is 4.83. The van der Waals surface area contributed by atoms with Crippen LogP contribution in [0.25, 0.3) is 5.57 Å². The molecule has 0 saturated heterocycles. The van der Waals surface area contributed by atoms with E-state index in [4.69, 9.17) is 0 Å². The lowest BCUT2D eigenvalue weighted by Gasteiger charge is -2.29. The third-order valence-corrected chi connectivity index (χ3v) is 6.56. The average Bonchev–Trinajstić information content (AvgIpc) is 3.32. The molecule has 1 atom stereocenters. The van der Waals surface area contributed by atoms with Gasteiger partial charge in [-0.05, 0) is 42.0 Å². The Kier molecular flexibility index (Phi) is 4.98. The van der Waals surface area contributed by atoms with Crippen LogP contribution in [0.15, 0.2) is 102 Å². The van der Waals surface area contributed by atoms with Crippen LogP contribution in [0.4, 0.5) is 0 Å². The van der Waals surface area contributed by atoms with Crippen molar-refractivity contribution in [3.05, 3.63) is 113 Å². The lowest BCUT2D eigenvalue weighted by molar-refractivity contribution is 0.577. The highest BCUT2D eigenvalue weighted by Gasteiger charge is 2.38. The zero-order chi connectivity index (χ0) is 19.7. The Morgan fingerprint density at radius 2 is 1.89 bits per heavy atom. The summed E-state index contributed by atoms with van der Waals surface area (Å²) in [5.41, 5.74) is 8.70. The Bertz CT molecular complexity index is 957. The van der Waals surface area contributed by atoms with Crippen molar-refractivity contribution in [1.29, 1.82) is 0 Å². The highest BCUT2D eigenvalue weighted by atomic mass is 14.4. The number of hydrogen-bond donors (Lipinski definition) is 0. The summed E-state index contributed by atoms with van der Waals surface area (Å²) >= 11 is 0. The van der Waals surface area contributed by atoms with Crippen LogP contribution in [0.2, 0.25) is 0 Å². The summed E-state index contributed by atoms with van der Waals surface area (Å²) in [5, 5.41) is 0. The molecule has 3 aliphatic carbocycles. The van der Waals surface area contributed by atoms with Crippen LogP contribution >= 0.6 is 0 Å². The molecule has 0 N–H and O–H groups in total. The summed E-state index contributed by atoms with van der Waals surface area (Å²) in [7, 11) is 0.